The maximum Gasteiger partial charge on any atom is 0.340 e. The van der Waals surface area contributed by atoms with Crippen molar-refractivity contribution in [1.82, 2.24) is 4.98 Å². The van der Waals surface area contributed by atoms with Crippen LogP contribution in [0.5, 0.6) is 0 Å². The van der Waals surface area contributed by atoms with E-state index in [2.05, 4.69) is 15.0 Å². The molecule has 2 aromatic rings. The van der Waals surface area contributed by atoms with Crippen LogP contribution in [0.25, 0.3) is 0 Å². The lowest BCUT2D eigenvalue weighted by Gasteiger charge is -2.10. The second kappa shape index (κ2) is 5.34. The predicted octanol–water partition coefficient (Wildman–Crippen LogP) is 2.33. The van der Waals surface area contributed by atoms with Gasteiger partial charge in [0.1, 0.15) is 5.82 Å². The van der Waals surface area contributed by atoms with E-state index in [9.17, 15) is 9.18 Å². The number of pyridine rings is 1. The molecule has 0 spiro atoms. The average molecular weight is 261 g/mol. The third kappa shape index (κ3) is 2.79. The minimum atomic E-state index is -0.619. The molecular formula is C13H12FN3O2. The van der Waals surface area contributed by atoms with E-state index in [1.54, 1.807) is 18.3 Å². The number of rotatable bonds is 3. The Morgan fingerprint density at radius 2 is 2.26 bits per heavy atom. The quantitative estimate of drug-likeness (QED) is 0.655. The molecule has 0 aliphatic heterocycles. The Morgan fingerprint density at radius 3 is 2.89 bits per heavy atom. The van der Waals surface area contributed by atoms with E-state index < -0.39 is 11.8 Å². The molecule has 1 aromatic carbocycles. The Labute approximate surface area is 109 Å². The Kier molecular flexibility index (Phi) is 3.61. The van der Waals surface area contributed by atoms with Crippen LogP contribution in [0, 0.1) is 5.82 Å². The molecule has 0 aliphatic carbocycles. The van der Waals surface area contributed by atoms with Crippen molar-refractivity contribution >= 4 is 23.0 Å². The number of nitrogens with zero attached hydrogens (tertiary/aromatic N) is 1. The number of ether oxygens (including phenoxy) is 1. The molecule has 0 saturated heterocycles. The molecule has 2 rings (SSSR count). The van der Waals surface area contributed by atoms with Crippen molar-refractivity contribution in [1.29, 1.82) is 0 Å². The van der Waals surface area contributed by atoms with E-state index >= 15 is 0 Å². The van der Waals surface area contributed by atoms with Crippen molar-refractivity contribution in [2.24, 2.45) is 0 Å². The van der Waals surface area contributed by atoms with Crippen LogP contribution in [0.2, 0.25) is 0 Å². The van der Waals surface area contributed by atoms with Gasteiger partial charge in [-0.1, -0.05) is 0 Å². The lowest BCUT2D eigenvalue weighted by atomic mass is 10.1. The molecule has 6 heteroatoms. The number of esters is 1. The molecule has 5 nitrogen and oxygen atoms in total. The van der Waals surface area contributed by atoms with Crippen LogP contribution in [0.1, 0.15) is 10.4 Å². The molecule has 0 fully saturated rings. The van der Waals surface area contributed by atoms with E-state index in [1.165, 1.54) is 19.4 Å². The third-order valence-electron chi connectivity index (χ3n) is 2.49. The second-order valence-electron chi connectivity index (χ2n) is 3.78. The monoisotopic (exact) mass is 261 g/mol. The highest BCUT2D eigenvalue weighted by atomic mass is 19.1. The number of hydrogen-bond donors (Lipinski definition) is 2. The van der Waals surface area contributed by atoms with Crippen LogP contribution in [0.4, 0.5) is 21.5 Å². The maximum absolute atomic E-state index is 13.8. The highest BCUT2D eigenvalue weighted by Crippen LogP contribution is 2.25. The van der Waals surface area contributed by atoms with Gasteiger partial charge in [0, 0.05) is 11.9 Å². The average Bonchev–Trinajstić information content (AvgIpc) is 2.42. The third-order valence-corrected chi connectivity index (χ3v) is 2.49. The summed E-state index contributed by atoms with van der Waals surface area (Å²) in [5.41, 5.74) is 6.44. The molecule has 1 aromatic heterocycles. The first kappa shape index (κ1) is 12.8. The fraction of sp³-hybridized carbons (Fsp3) is 0.0769. The molecule has 98 valence electrons. The SMILES string of the molecule is COC(=O)c1cc(Nc2cccnc2)c(F)cc1N. The molecule has 19 heavy (non-hydrogen) atoms. The Hall–Kier alpha value is -2.63. The van der Waals surface area contributed by atoms with E-state index in [1.807, 2.05) is 0 Å². The molecule has 0 radical (unpaired) electrons. The zero-order valence-corrected chi connectivity index (χ0v) is 10.2. The standard InChI is InChI=1S/C13H12FN3O2/c1-19-13(18)9-5-12(10(14)6-11(9)15)17-8-3-2-4-16-7-8/h2-7,17H,15H2,1H3. The van der Waals surface area contributed by atoms with Crippen molar-refractivity contribution in [3.8, 4) is 0 Å². The first-order valence-corrected chi connectivity index (χ1v) is 5.46. The summed E-state index contributed by atoms with van der Waals surface area (Å²) >= 11 is 0. The largest absolute Gasteiger partial charge is 0.465 e. The van der Waals surface area contributed by atoms with Crippen molar-refractivity contribution < 1.29 is 13.9 Å². The number of carbonyl (C=O) groups excluding carboxylic acids is 1. The van der Waals surface area contributed by atoms with Gasteiger partial charge < -0.3 is 15.8 Å². The lowest BCUT2D eigenvalue weighted by molar-refractivity contribution is 0.0602. The minimum absolute atomic E-state index is 0.0288. The number of carbonyl (C=O) groups is 1. The Morgan fingerprint density at radius 1 is 1.47 bits per heavy atom. The van der Waals surface area contributed by atoms with Gasteiger partial charge in [-0.25, -0.2) is 9.18 Å². The van der Waals surface area contributed by atoms with Crippen LogP contribution < -0.4 is 11.1 Å². The summed E-state index contributed by atoms with van der Waals surface area (Å²) in [5.74, 6) is -1.18. The van der Waals surface area contributed by atoms with Crippen LogP contribution in [0.3, 0.4) is 0 Å². The fourth-order valence-electron chi connectivity index (χ4n) is 1.56. The maximum atomic E-state index is 13.8. The first-order valence-electron chi connectivity index (χ1n) is 5.46. The van der Waals surface area contributed by atoms with E-state index in [0.29, 0.717) is 5.69 Å². The van der Waals surface area contributed by atoms with Crippen LogP contribution in [-0.4, -0.2) is 18.1 Å². The van der Waals surface area contributed by atoms with Crippen molar-refractivity contribution in [3.05, 3.63) is 48.0 Å². The first-order chi connectivity index (χ1) is 9.11. The topological polar surface area (TPSA) is 77.2 Å². The van der Waals surface area contributed by atoms with Gasteiger partial charge in [-0.05, 0) is 24.3 Å². The number of aromatic nitrogens is 1. The Bertz CT molecular complexity index is 602. The number of halogens is 1. The summed E-state index contributed by atoms with van der Waals surface area (Å²) in [6, 6.07) is 5.81. The summed E-state index contributed by atoms with van der Waals surface area (Å²) in [6.07, 6.45) is 3.14. The van der Waals surface area contributed by atoms with E-state index in [-0.39, 0.29) is 16.9 Å². The smallest absolute Gasteiger partial charge is 0.340 e. The van der Waals surface area contributed by atoms with Gasteiger partial charge in [-0.2, -0.15) is 0 Å². The number of nitrogens with one attached hydrogen (secondary N) is 1. The van der Waals surface area contributed by atoms with Gasteiger partial charge in [0.25, 0.3) is 0 Å². The lowest BCUT2D eigenvalue weighted by Crippen LogP contribution is -2.07. The summed E-state index contributed by atoms with van der Waals surface area (Å²) in [5, 5.41) is 2.82. The molecule has 0 saturated carbocycles. The predicted molar refractivity (Wildman–Crippen MR) is 69.7 cm³/mol. The summed E-state index contributed by atoms with van der Waals surface area (Å²) in [7, 11) is 1.24. The van der Waals surface area contributed by atoms with Crippen LogP contribution in [0.15, 0.2) is 36.7 Å². The zero-order chi connectivity index (χ0) is 13.8. The highest BCUT2D eigenvalue weighted by molar-refractivity contribution is 5.96. The number of anilines is 3. The van der Waals surface area contributed by atoms with Crippen LogP contribution in [-0.2, 0) is 4.74 Å². The molecule has 1 heterocycles. The fourth-order valence-corrected chi connectivity index (χ4v) is 1.56. The molecule has 0 unspecified atom stereocenters. The van der Waals surface area contributed by atoms with E-state index in [0.717, 1.165) is 6.07 Å². The van der Waals surface area contributed by atoms with Crippen molar-refractivity contribution in [2.75, 3.05) is 18.2 Å². The van der Waals surface area contributed by atoms with Gasteiger partial charge in [0.05, 0.1) is 30.2 Å². The number of methoxy groups -OCH3 is 1. The number of benzene rings is 1. The minimum Gasteiger partial charge on any atom is -0.465 e. The summed E-state index contributed by atoms with van der Waals surface area (Å²) < 4.78 is 18.3. The zero-order valence-electron chi connectivity index (χ0n) is 10.2. The molecule has 0 bridgehead atoms. The van der Waals surface area contributed by atoms with Crippen molar-refractivity contribution in [2.45, 2.75) is 0 Å². The highest BCUT2D eigenvalue weighted by Gasteiger charge is 2.14. The number of hydrogen-bond acceptors (Lipinski definition) is 5. The van der Waals surface area contributed by atoms with Crippen LogP contribution >= 0.6 is 0 Å². The Balaban J connectivity index is 2.38. The molecule has 0 aliphatic rings. The number of nitrogens with two attached hydrogens (primary N) is 1. The van der Waals surface area contributed by atoms with Gasteiger partial charge in [0.2, 0.25) is 0 Å². The van der Waals surface area contributed by atoms with E-state index in [4.69, 9.17) is 5.73 Å². The molecule has 0 amide bonds. The van der Waals surface area contributed by atoms with Gasteiger partial charge in [-0.3, -0.25) is 4.98 Å². The van der Waals surface area contributed by atoms with Gasteiger partial charge >= 0.3 is 5.97 Å². The molecule has 0 atom stereocenters. The number of nitrogen functional groups attached to an aromatic ring is 1. The summed E-state index contributed by atoms with van der Waals surface area (Å²) in [6.45, 7) is 0. The molecule has 3 N–H and O–H groups in total. The summed E-state index contributed by atoms with van der Waals surface area (Å²) in [4.78, 5) is 15.4. The molecular weight excluding hydrogens is 249 g/mol. The normalized spacial score (nSPS) is 10.0. The van der Waals surface area contributed by atoms with Crippen molar-refractivity contribution in [3.63, 3.8) is 0 Å². The van der Waals surface area contributed by atoms with Gasteiger partial charge in [0.15, 0.2) is 0 Å². The van der Waals surface area contributed by atoms with Gasteiger partial charge in [-0.15, -0.1) is 0 Å². The second-order valence-corrected chi connectivity index (χ2v) is 3.78.